The first-order chi connectivity index (χ1) is 11.7. The van der Waals surface area contributed by atoms with Crippen LogP contribution in [0.1, 0.15) is 23.2 Å². The number of nitrogens with two attached hydrogens (primary N) is 1. The standard InChI is InChI=1S/C20H22N2O2.ClH/c21-19-11-8-15-12-22(13-18(15)19)20(23)14-6-9-17(10-7-14)24-16-4-2-1-3-5-16;/h1-7,9-10,15,18-19H,8,11-13,21H2;1H. The summed E-state index contributed by atoms with van der Waals surface area (Å²) in [6.45, 7) is 1.65. The van der Waals surface area contributed by atoms with Crippen molar-refractivity contribution in [2.24, 2.45) is 17.6 Å². The van der Waals surface area contributed by atoms with Gasteiger partial charge in [-0.2, -0.15) is 0 Å². The molecule has 0 bridgehead atoms. The molecule has 5 heteroatoms. The molecule has 25 heavy (non-hydrogen) atoms. The number of benzene rings is 2. The van der Waals surface area contributed by atoms with Gasteiger partial charge in [-0.25, -0.2) is 0 Å². The van der Waals surface area contributed by atoms with Crippen molar-refractivity contribution < 1.29 is 9.53 Å². The van der Waals surface area contributed by atoms with Crippen LogP contribution in [0.4, 0.5) is 0 Å². The van der Waals surface area contributed by atoms with Crippen molar-refractivity contribution in [3.63, 3.8) is 0 Å². The van der Waals surface area contributed by atoms with Gasteiger partial charge in [-0.3, -0.25) is 4.79 Å². The average Bonchev–Trinajstić information content (AvgIpc) is 3.18. The van der Waals surface area contributed by atoms with E-state index in [1.165, 1.54) is 0 Å². The van der Waals surface area contributed by atoms with Crippen LogP contribution in [0.15, 0.2) is 54.6 Å². The van der Waals surface area contributed by atoms with E-state index in [0.29, 0.717) is 17.4 Å². The molecule has 0 spiro atoms. The van der Waals surface area contributed by atoms with Crippen LogP contribution in [0.25, 0.3) is 0 Å². The first-order valence-corrected chi connectivity index (χ1v) is 8.58. The largest absolute Gasteiger partial charge is 0.457 e. The first-order valence-electron chi connectivity index (χ1n) is 8.58. The molecule has 3 unspecified atom stereocenters. The predicted molar refractivity (Wildman–Crippen MR) is 100 cm³/mol. The summed E-state index contributed by atoms with van der Waals surface area (Å²) in [5.41, 5.74) is 6.87. The molecule has 0 radical (unpaired) electrons. The highest BCUT2D eigenvalue weighted by atomic mass is 35.5. The Kier molecular flexibility index (Phi) is 5.30. The summed E-state index contributed by atoms with van der Waals surface area (Å²) < 4.78 is 5.77. The van der Waals surface area contributed by atoms with Crippen LogP contribution in [0, 0.1) is 11.8 Å². The van der Waals surface area contributed by atoms with Crippen LogP contribution in [-0.2, 0) is 0 Å². The molecule has 4 nitrogen and oxygen atoms in total. The molecule has 1 heterocycles. The molecule has 1 aliphatic heterocycles. The third kappa shape index (κ3) is 3.65. The van der Waals surface area contributed by atoms with Gasteiger partial charge < -0.3 is 15.4 Å². The van der Waals surface area contributed by atoms with E-state index in [0.717, 1.165) is 37.4 Å². The number of carbonyl (C=O) groups is 1. The second-order valence-corrected chi connectivity index (χ2v) is 6.81. The van der Waals surface area contributed by atoms with E-state index in [2.05, 4.69) is 0 Å². The van der Waals surface area contributed by atoms with Gasteiger partial charge in [-0.05, 0) is 61.1 Å². The Labute approximate surface area is 154 Å². The molecule has 1 aliphatic carbocycles. The first kappa shape index (κ1) is 17.8. The van der Waals surface area contributed by atoms with Gasteiger partial charge in [0.25, 0.3) is 5.91 Å². The van der Waals surface area contributed by atoms with Crippen LogP contribution in [0.2, 0.25) is 0 Å². The lowest BCUT2D eigenvalue weighted by Crippen LogP contribution is -2.33. The Bertz CT molecular complexity index is 720. The summed E-state index contributed by atoms with van der Waals surface area (Å²) in [5.74, 6) is 2.69. The minimum Gasteiger partial charge on any atom is -0.457 e. The fourth-order valence-corrected chi connectivity index (χ4v) is 3.95. The maximum absolute atomic E-state index is 12.7. The fraction of sp³-hybridized carbons (Fsp3) is 0.350. The molecule has 1 amide bonds. The molecule has 132 valence electrons. The monoisotopic (exact) mass is 358 g/mol. The van der Waals surface area contributed by atoms with Crippen LogP contribution in [0.3, 0.4) is 0 Å². The van der Waals surface area contributed by atoms with Gasteiger partial charge in [0.1, 0.15) is 11.5 Å². The lowest BCUT2D eigenvalue weighted by molar-refractivity contribution is 0.0779. The van der Waals surface area contributed by atoms with E-state index in [9.17, 15) is 4.79 Å². The number of likely N-dealkylation sites (tertiary alicyclic amines) is 1. The molecule has 2 N–H and O–H groups in total. The Morgan fingerprint density at radius 1 is 0.960 bits per heavy atom. The molecule has 4 rings (SSSR count). The Hall–Kier alpha value is -2.04. The third-order valence-corrected chi connectivity index (χ3v) is 5.28. The molecule has 0 aromatic heterocycles. The second kappa shape index (κ2) is 7.46. The zero-order valence-electron chi connectivity index (χ0n) is 14.0. The van der Waals surface area contributed by atoms with Gasteiger partial charge in [0, 0.05) is 24.7 Å². The highest BCUT2D eigenvalue weighted by Gasteiger charge is 2.42. The lowest BCUT2D eigenvalue weighted by Gasteiger charge is -2.19. The number of amides is 1. The summed E-state index contributed by atoms with van der Waals surface area (Å²) in [5, 5.41) is 0. The maximum Gasteiger partial charge on any atom is 0.253 e. The molecule has 2 aromatic carbocycles. The van der Waals surface area contributed by atoms with Crippen molar-refractivity contribution in [3.05, 3.63) is 60.2 Å². The summed E-state index contributed by atoms with van der Waals surface area (Å²) in [6.07, 6.45) is 2.25. The molecule has 3 atom stereocenters. The second-order valence-electron chi connectivity index (χ2n) is 6.81. The average molecular weight is 359 g/mol. The normalized spacial score (nSPS) is 24.5. The highest BCUT2D eigenvalue weighted by Crippen LogP contribution is 2.37. The smallest absolute Gasteiger partial charge is 0.253 e. The van der Waals surface area contributed by atoms with Crippen molar-refractivity contribution in [1.29, 1.82) is 0 Å². The number of carbonyl (C=O) groups excluding carboxylic acids is 1. The Balaban J connectivity index is 0.00000182. The van der Waals surface area contributed by atoms with Gasteiger partial charge in [-0.1, -0.05) is 18.2 Å². The van der Waals surface area contributed by atoms with Gasteiger partial charge in [0.2, 0.25) is 0 Å². The zero-order valence-corrected chi connectivity index (χ0v) is 14.8. The number of nitrogens with zero attached hydrogens (tertiary/aromatic N) is 1. The lowest BCUT2D eigenvalue weighted by atomic mass is 9.98. The summed E-state index contributed by atoms with van der Waals surface area (Å²) in [4.78, 5) is 14.7. The third-order valence-electron chi connectivity index (χ3n) is 5.28. The van der Waals surface area contributed by atoms with E-state index in [-0.39, 0.29) is 24.4 Å². The predicted octanol–water partition coefficient (Wildman–Crippen LogP) is 3.71. The van der Waals surface area contributed by atoms with Crippen molar-refractivity contribution in [2.45, 2.75) is 18.9 Å². The molecule has 2 aliphatic rings. The molecular formula is C20H23ClN2O2. The maximum atomic E-state index is 12.7. The number of para-hydroxylation sites is 1. The van der Waals surface area contributed by atoms with Gasteiger partial charge in [0.05, 0.1) is 0 Å². The minimum atomic E-state index is 0. The summed E-state index contributed by atoms with van der Waals surface area (Å²) >= 11 is 0. The van der Waals surface area contributed by atoms with Crippen LogP contribution in [0.5, 0.6) is 11.5 Å². The minimum absolute atomic E-state index is 0. The van der Waals surface area contributed by atoms with E-state index in [4.69, 9.17) is 10.5 Å². The van der Waals surface area contributed by atoms with Crippen LogP contribution < -0.4 is 10.5 Å². The van der Waals surface area contributed by atoms with Crippen molar-refractivity contribution in [3.8, 4) is 11.5 Å². The van der Waals surface area contributed by atoms with Gasteiger partial charge in [0.15, 0.2) is 0 Å². The molecular weight excluding hydrogens is 336 g/mol. The fourth-order valence-electron chi connectivity index (χ4n) is 3.95. The molecule has 2 aromatic rings. The van der Waals surface area contributed by atoms with Crippen molar-refractivity contribution in [2.75, 3.05) is 13.1 Å². The SMILES string of the molecule is Cl.NC1CCC2CN(C(=O)c3ccc(Oc4ccccc4)cc3)CC12. The van der Waals surface area contributed by atoms with Gasteiger partial charge in [-0.15, -0.1) is 12.4 Å². The zero-order chi connectivity index (χ0) is 16.5. The number of ether oxygens (including phenoxy) is 1. The highest BCUT2D eigenvalue weighted by molar-refractivity contribution is 5.94. The summed E-state index contributed by atoms with van der Waals surface area (Å²) in [6, 6.07) is 17.3. The van der Waals surface area contributed by atoms with E-state index in [1.807, 2.05) is 59.5 Å². The van der Waals surface area contributed by atoms with Gasteiger partial charge >= 0.3 is 0 Å². The van der Waals surface area contributed by atoms with Crippen LogP contribution in [-0.4, -0.2) is 29.9 Å². The molecule has 1 saturated carbocycles. The number of hydrogen-bond donors (Lipinski definition) is 1. The van der Waals surface area contributed by atoms with Crippen molar-refractivity contribution >= 4 is 18.3 Å². The number of rotatable bonds is 3. The molecule has 2 fully saturated rings. The Morgan fingerprint density at radius 2 is 1.64 bits per heavy atom. The van der Waals surface area contributed by atoms with E-state index < -0.39 is 0 Å². The number of hydrogen-bond acceptors (Lipinski definition) is 3. The topological polar surface area (TPSA) is 55.6 Å². The number of fused-ring (bicyclic) bond motifs is 1. The summed E-state index contributed by atoms with van der Waals surface area (Å²) in [7, 11) is 0. The number of halogens is 1. The molecule has 1 saturated heterocycles. The van der Waals surface area contributed by atoms with Crippen LogP contribution >= 0.6 is 12.4 Å². The van der Waals surface area contributed by atoms with E-state index >= 15 is 0 Å². The Morgan fingerprint density at radius 3 is 2.32 bits per heavy atom. The van der Waals surface area contributed by atoms with E-state index in [1.54, 1.807) is 0 Å². The quantitative estimate of drug-likeness (QED) is 0.909. The van der Waals surface area contributed by atoms with Crippen molar-refractivity contribution in [1.82, 2.24) is 4.90 Å².